The standard InChI is InChI=1S/C19H21BrO4/c1-18(2)16(22)19(10-4-3-5-11-19)15(24-17(18)23)14(21)12-6-8-13(20)9-7-12/h6-9,15H,3-5,10-11H2,1-2H3/t15-/m1/s1. The fourth-order valence-corrected chi connectivity index (χ4v) is 4.21. The smallest absolute Gasteiger partial charge is 0.319 e. The van der Waals surface area contributed by atoms with Crippen LogP contribution in [0.25, 0.3) is 0 Å². The average Bonchev–Trinajstić information content (AvgIpc) is 2.58. The normalized spacial score (nSPS) is 25.4. The van der Waals surface area contributed by atoms with Crippen LogP contribution < -0.4 is 0 Å². The second-order valence-corrected chi connectivity index (χ2v) is 8.24. The van der Waals surface area contributed by atoms with E-state index in [1.54, 1.807) is 38.1 Å². The minimum absolute atomic E-state index is 0.138. The van der Waals surface area contributed by atoms with Gasteiger partial charge in [0.25, 0.3) is 0 Å². The summed E-state index contributed by atoms with van der Waals surface area (Å²) in [5.41, 5.74) is -1.60. The molecule has 1 atom stereocenters. The first-order chi connectivity index (χ1) is 11.3. The van der Waals surface area contributed by atoms with Crippen molar-refractivity contribution in [2.24, 2.45) is 10.8 Å². The highest BCUT2D eigenvalue weighted by Gasteiger charge is 2.61. The van der Waals surface area contributed by atoms with E-state index < -0.39 is 22.9 Å². The quantitative estimate of drug-likeness (QED) is 0.431. The van der Waals surface area contributed by atoms with Crippen molar-refractivity contribution in [2.45, 2.75) is 52.1 Å². The first kappa shape index (κ1) is 17.3. The van der Waals surface area contributed by atoms with Crippen LogP contribution in [0.5, 0.6) is 0 Å². The Morgan fingerprint density at radius 3 is 2.25 bits per heavy atom. The Bertz CT molecular complexity index is 684. The van der Waals surface area contributed by atoms with Crippen molar-refractivity contribution in [2.75, 3.05) is 0 Å². The number of carbonyl (C=O) groups is 3. The first-order valence-corrected chi connectivity index (χ1v) is 9.14. The maximum atomic E-state index is 13.2. The third kappa shape index (κ3) is 2.63. The van der Waals surface area contributed by atoms with Gasteiger partial charge in [-0.2, -0.15) is 0 Å². The molecule has 1 heterocycles. The molecule has 4 nitrogen and oxygen atoms in total. The molecule has 1 spiro atoms. The lowest BCUT2D eigenvalue weighted by molar-refractivity contribution is -0.186. The van der Waals surface area contributed by atoms with Crippen molar-refractivity contribution >= 4 is 33.5 Å². The van der Waals surface area contributed by atoms with E-state index in [-0.39, 0.29) is 11.6 Å². The lowest BCUT2D eigenvalue weighted by atomic mass is 9.59. The van der Waals surface area contributed by atoms with Crippen LogP contribution in [-0.4, -0.2) is 23.6 Å². The predicted octanol–water partition coefficient (Wildman–Crippen LogP) is 4.10. The van der Waals surface area contributed by atoms with Gasteiger partial charge >= 0.3 is 5.97 Å². The summed E-state index contributed by atoms with van der Waals surface area (Å²) >= 11 is 3.34. The summed E-state index contributed by atoms with van der Waals surface area (Å²) in [5.74, 6) is -1.01. The molecule has 2 aliphatic rings. The molecule has 0 aromatic heterocycles. The third-order valence-electron chi connectivity index (χ3n) is 5.37. The number of halogens is 1. The van der Waals surface area contributed by atoms with Crippen molar-refractivity contribution in [1.29, 1.82) is 0 Å². The molecule has 24 heavy (non-hydrogen) atoms. The minimum atomic E-state index is -1.19. The molecular weight excluding hydrogens is 372 g/mol. The van der Waals surface area contributed by atoms with Gasteiger partial charge in [-0.05, 0) is 38.8 Å². The lowest BCUT2D eigenvalue weighted by Gasteiger charge is -2.48. The van der Waals surface area contributed by atoms with E-state index in [4.69, 9.17) is 4.74 Å². The zero-order valence-corrected chi connectivity index (χ0v) is 15.5. The number of carbonyl (C=O) groups excluding carboxylic acids is 3. The highest BCUT2D eigenvalue weighted by Crippen LogP contribution is 2.50. The second kappa shape index (κ2) is 6.10. The van der Waals surface area contributed by atoms with Crippen molar-refractivity contribution in [1.82, 2.24) is 0 Å². The van der Waals surface area contributed by atoms with Gasteiger partial charge in [-0.15, -0.1) is 0 Å². The van der Waals surface area contributed by atoms with E-state index in [0.717, 1.165) is 23.7 Å². The van der Waals surface area contributed by atoms with Crippen LogP contribution in [-0.2, 0) is 14.3 Å². The molecular formula is C19H21BrO4. The minimum Gasteiger partial charge on any atom is -0.452 e. The molecule has 0 amide bonds. The average molecular weight is 393 g/mol. The monoisotopic (exact) mass is 392 g/mol. The van der Waals surface area contributed by atoms with Crippen LogP contribution in [0.15, 0.2) is 28.7 Å². The van der Waals surface area contributed by atoms with Gasteiger partial charge in [-0.1, -0.05) is 47.3 Å². The Hall–Kier alpha value is -1.49. The van der Waals surface area contributed by atoms with Gasteiger partial charge in [0.15, 0.2) is 11.9 Å². The molecule has 1 aliphatic heterocycles. The molecule has 1 saturated carbocycles. The van der Waals surface area contributed by atoms with Gasteiger partial charge < -0.3 is 4.74 Å². The van der Waals surface area contributed by atoms with Crippen molar-refractivity contribution < 1.29 is 19.1 Å². The van der Waals surface area contributed by atoms with Gasteiger partial charge in [0.2, 0.25) is 5.78 Å². The maximum Gasteiger partial charge on any atom is 0.319 e. The van der Waals surface area contributed by atoms with Gasteiger partial charge in [0, 0.05) is 10.0 Å². The van der Waals surface area contributed by atoms with Crippen LogP contribution in [0.3, 0.4) is 0 Å². The van der Waals surface area contributed by atoms with Gasteiger partial charge in [-0.25, -0.2) is 0 Å². The molecule has 1 aromatic carbocycles. The van der Waals surface area contributed by atoms with Gasteiger partial charge in [-0.3, -0.25) is 14.4 Å². The van der Waals surface area contributed by atoms with Crippen molar-refractivity contribution in [3.05, 3.63) is 34.3 Å². The molecule has 0 unspecified atom stereocenters. The third-order valence-corrected chi connectivity index (χ3v) is 5.90. The van der Waals surface area contributed by atoms with Crippen molar-refractivity contribution in [3.63, 3.8) is 0 Å². The number of cyclic esters (lactones) is 1. The summed E-state index contributed by atoms with van der Waals surface area (Å²) in [7, 11) is 0. The largest absolute Gasteiger partial charge is 0.452 e. The molecule has 128 valence electrons. The topological polar surface area (TPSA) is 60.4 Å². The van der Waals surface area contributed by atoms with E-state index in [2.05, 4.69) is 15.9 Å². The highest BCUT2D eigenvalue weighted by molar-refractivity contribution is 9.10. The second-order valence-electron chi connectivity index (χ2n) is 7.33. The zero-order valence-electron chi connectivity index (χ0n) is 13.9. The van der Waals surface area contributed by atoms with Crippen molar-refractivity contribution in [3.8, 4) is 0 Å². The molecule has 0 bridgehead atoms. The number of ketones is 2. The van der Waals surface area contributed by atoms with Crippen LogP contribution in [0.1, 0.15) is 56.3 Å². The summed E-state index contributed by atoms with van der Waals surface area (Å²) in [4.78, 5) is 38.6. The van der Waals surface area contributed by atoms with Crippen LogP contribution in [0.2, 0.25) is 0 Å². The number of Topliss-reactive ketones (excluding diaryl/α,β-unsaturated/α-hetero) is 2. The Balaban J connectivity index is 2.03. The molecule has 0 radical (unpaired) electrons. The van der Waals surface area contributed by atoms with Crippen LogP contribution in [0.4, 0.5) is 0 Å². The zero-order chi connectivity index (χ0) is 17.5. The number of hydrogen-bond acceptors (Lipinski definition) is 4. The molecule has 5 heteroatoms. The molecule has 1 aliphatic carbocycles. The van der Waals surface area contributed by atoms with Crippen LogP contribution in [0, 0.1) is 10.8 Å². The number of esters is 1. The summed E-state index contributed by atoms with van der Waals surface area (Å²) in [5, 5.41) is 0. The molecule has 1 saturated heterocycles. The number of rotatable bonds is 2. The Morgan fingerprint density at radius 1 is 1.08 bits per heavy atom. The summed E-state index contributed by atoms with van der Waals surface area (Å²) in [6.07, 6.45) is 3.01. The number of hydrogen-bond donors (Lipinski definition) is 0. The Labute approximate surface area is 150 Å². The fourth-order valence-electron chi connectivity index (χ4n) is 3.94. The van der Waals surface area contributed by atoms with Gasteiger partial charge in [0.1, 0.15) is 5.41 Å². The lowest BCUT2D eigenvalue weighted by Crippen LogP contribution is -2.61. The first-order valence-electron chi connectivity index (χ1n) is 8.35. The van der Waals surface area contributed by atoms with Gasteiger partial charge in [0.05, 0.1) is 5.41 Å². The number of ether oxygens (including phenoxy) is 1. The molecule has 1 aromatic rings. The fraction of sp³-hybridized carbons (Fsp3) is 0.526. The summed E-state index contributed by atoms with van der Waals surface area (Å²) < 4.78 is 6.46. The molecule has 0 N–H and O–H groups in total. The number of benzene rings is 1. The molecule has 3 rings (SSSR count). The Kier molecular flexibility index (Phi) is 4.41. The Morgan fingerprint density at radius 2 is 1.67 bits per heavy atom. The highest BCUT2D eigenvalue weighted by atomic mass is 79.9. The summed E-state index contributed by atoms with van der Waals surface area (Å²) in [6.45, 7) is 3.21. The van der Waals surface area contributed by atoms with E-state index in [0.29, 0.717) is 18.4 Å². The van der Waals surface area contributed by atoms with Crippen LogP contribution >= 0.6 is 15.9 Å². The van der Waals surface area contributed by atoms with E-state index in [9.17, 15) is 14.4 Å². The predicted molar refractivity (Wildman–Crippen MR) is 92.7 cm³/mol. The van der Waals surface area contributed by atoms with E-state index >= 15 is 0 Å². The molecule has 2 fully saturated rings. The van der Waals surface area contributed by atoms with E-state index in [1.165, 1.54) is 0 Å². The maximum absolute atomic E-state index is 13.2. The summed E-state index contributed by atoms with van der Waals surface area (Å²) in [6, 6.07) is 6.94. The SMILES string of the molecule is CC1(C)C(=O)O[C@H](C(=O)c2ccc(Br)cc2)C2(CCCCC2)C1=O. The van der Waals surface area contributed by atoms with E-state index in [1.807, 2.05) is 0 Å².